The van der Waals surface area contributed by atoms with E-state index in [2.05, 4.69) is 32.8 Å². The quantitative estimate of drug-likeness (QED) is 0.832. The Morgan fingerprint density at radius 1 is 1.37 bits per heavy atom. The number of rotatable bonds is 4. The minimum Gasteiger partial charge on any atom is -0.496 e. The lowest BCUT2D eigenvalue weighted by molar-refractivity contribution is 0.416. The van der Waals surface area contributed by atoms with Gasteiger partial charge in [0.15, 0.2) is 0 Å². The van der Waals surface area contributed by atoms with E-state index in [0.717, 1.165) is 40.1 Å². The standard InChI is InChI=1S/C14H15BrN2OS/c1-3-6-10-12(15)14(19)17-13(16-10)9-7-4-5-8-11(9)18-2/h4-5,7-8H,3,6H2,1-2H3,(H,16,17,19). The van der Waals surface area contributed by atoms with Crippen LogP contribution in [0.3, 0.4) is 0 Å². The van der Waals surface area contributed by atoms with Gasteiger partial charge in [0.05, 0.1) is 17.1 Å². The molecule has 0 spiro atoms. The van der Waals surface area contributed by atoms with Crippen molar-refractivity contribution in [3.05, 3.63) is 39.1 Å². The molecule has 0 atom stereocenters. The summed E-state index contributed by atoms with van der Waals surface area (Å²) >= 11 is 8.80. The maximum Gasteiger partial charge on any atom is 0.144 e. The zero-order valence-corrected chi connectivity index (χ0v) is 13.3. The molecule has 5 heteroatoms. The van der Waals surface area contributed by atoms with Gasteiger partial charge in [-0.05, 0) is 34.5 Å². The highest BCUT2D eigenvalue weighted by atomic mass is 79.9. The van der Waals surface area contributed by atoms with Gasteiger partial charge in [0.1, 0.15) is 16.2 Å². The van der Waals surface area contributed by atoms with Gasteiger partial charge < -0.3 is 9.72 Å². The average Bonchev–Trinajstić information content (AvgIpc) is 2.43. The van der Waals surface area contributed by atoms with E-state index in [9.17, 15) is 0 Å². The number of aromatic amines is 1. The van der Waals surface area contributed by atoms with E-state index in [1.165, 1.54) is 0 Å². The highest BCUT2D eigenvalue weighted by Gasteiger charge is 2.10. The fraction of sp³-hybridized carbons (Fsp3) is 0.286. The molecule has 0 aliphatic rings. The van der Waals surface area contributed by atoms with Crippen molar-refractivity contribution >= 4 is 28.1 Å². The number of H-pyrrole nitrogens is 1. The summed E-state index contributed by atoms with van der Waals surface area (Å²) in [6, 6.07) is 7.77. The molecule has 0 amide bonds. The molecule has 0 bridgehead atoms. The molecule has 1 aromatic heterocycles. The van der Waals surface area contributed by atoms with Crippen LogP contribution in [-0.4, -0.2) is 17.1 Å². The summed E-state index contributed by atoms with van der Waals surface area (Å²) < 4.78 is 6.81. The van der Waals surface area contributed by atoms with Crippen LogP contribution in [0.5, 0.6) is 5.75 Å². The summed E-state index contributed by atoms with van der Waals surface area (Å²) in [6.07, 6.45) is 1.97. The van der Waals surface area contributed by atoms with E-state index < -0.39 is 0 Å². The van der Waals surface area contributed by atoms with Gasteiger partial charge in [-0.3, -0.25) is 0 Å². The van der Waals surface area contributed by atoms with E-state index >= 15 is 0 Å². The Labute approximate surface area is 126 Å². The van der Waals surface area contributed by atoms with Crippen molar-refractivity contribution in [3.63, 3.8) is 0 Å². The highest BCUT2D eigenvalue weighted by Crippen LogP contribution is 2.28. The molecule has 19 heavy (non-hydrogen) atoms. The Morgan fingerprint density at radius 3 is 2.79 bits per heavy atom. The molecule has 0 unspecified atom stereocenters. The van der Waals surface area contributed by atoms with Crippen LogP contribution in [-0.2, 0) is 6.42 Å². The maximum absolute atomic E-state index is 5.36. The Kier molecular flexibility index (Phi) is 4.71. The Balaban J connectivity index is 2.59. The van der Waals surface area contributed by atoms with Gasteiger partial charge in [-0.15, -0.1) is 0 Å². The normalized spacial score (nSPS) is 10.5. The number of aromatic nitrogens is 2. The molecule has 0 saturated heterocycles. The maximum atomic E-state index is 5.36. The van der Waals surface area contributed by atoms with Gasteiger partial charge in [0.2, 0.25) is 0 Å². The molecule has 1 N–H and O–H groups in total. The molecule has 1 aromatic carbocycles. The predicted molar refractivity (Wildman–Crippen MR) is 83.1 cm³/mol. The van der Waals surface area contributed by atoms with E-state index in [1.54, 1.807) is 7.11 Å². The lowest BCUT2D eigenvalue weighted by Gasteiger charge is -2.10. The lowest BCUT2D eigenvalue weighted by Crippen LogP contribution is -1.99. The van der Waals surface area contributed by atoms with Crippen molar-refractivity contribution in [2.75, 3.05) is 7.11 Å². The molecule has 0 saturated carbocycles. The van der Waals surface area contributed by atoms with Crippen molar-refractivity contribution < 1.29 is 4.74 Å². The second-order valence-electron chi connectivity index (χ2n) is 4.13. The largest absolute Gasteiger partial charge is 0.496 e. The van der Waals surface area contributed by atoms with Gasteiger partial charge in [0.25, 0.3) is 0 Å². The fourth-order valence-corrected chi connectivity index (χ4v) is 2.50. The number of hydrogen-bond donors (Lipinski definition) is 1. The first-order valence-corrected chi connectivity index (χ1v) is 7.29. The zero-order valence-electron chi connectivity index (χ0n) is 10.9. The summed E-state index contributed by atoms with van der Waals surface area (Å²) in [5, 5.41) is 0. The molecule has 1 heterocycles. The fourth-order valence-electron chi connectivity index (χ4n) is 1.90. The molecule has 0 aliphatic carbocycles. The number of benzene rings is 1. The van der Waals surface area contributed by atoms with Crippen LogP contribution in [0, 0.1) is 4.64 Å². The van der Waals surface area contributed by atoms with Crippen LogP contribution in [0.15, 0.2) is 28.7 Å². The first-order valence-electron chi connectivity index (χ1n) is 6.09. The van der Waals surface area contributed by atoms with Crippen molar-refractivity contribution in [2.24, 2.45) is 0 Å². The average molecular weight is 339 g/mol. The van der Waals surface area contributed by atoms with Gasteiger partial charge in [-0.2, -0.15) is 0 Å². The van der Waals surface area contributed by atoms with Gasteiger partial charge >= 0.3 is 0 Å². The number of nitrogens with zero attached hydrogens (tertiary/aromatic N) is 1. The molecular formula is C14H15BrN2OS. The smallest absolute Gasteiger partial charge is 0.144 e. The topological polar surface area (TPSA) is 37.9 Å². The van der Waals surface area contributed by atoms with Gasteiger partial charge in [0, 0.05) is 5.69 Å². The number of aryl methyl sites for hydroxylation is 1. The first kappa shape index (κ1) is 14.2. The number of ether oxygens (including phenoxy) is 1. The molecule has 3 nitrogen and oxygen atoms in total. The summed E-state index contributed by atoms with van der Waals surface area (Å²) in [4.78, 5) is 7.77. The number of methoxy groups -OCH3 is 1. The van der Waals surface area contributed by atoms with Crippen molar-refractivity contribution in [2.45, 2.75) is 19.8 Å². The van der Waals surface area contributed by atoms with Crippen LogP contribution in [0.4, 0.5) is 0 Å². The zero-order chi connectivity index (χ0) is 13.8. The highest BCUT2D eigenvalue weighted by molar-refractivity contribution is 9.10. The lowest BCUT2D eigenvalue weighted by atomic mass is 10.1. The molecule has 2 aromatic rings. The second-order valence-corrected chi connectivity index (χ2v) is 5.31. The number of hydrogen-bond acceptors (Lipinski definition) is 3. The molecule has 0 aliphatic heterocycles. The van der Waals surface area contributed by atoms with E-state index in [-0.39, 0.29) is 0 Å². The number of nitrogens with one attached hydrogen (secondary N) is 1. The molecular weight excluding hydrogens is 324 g/mol. The van der Waals surface area contributed by atoms with E-state index in [0.29, 0.717) is 4.64 Å². The summed E-state index contributed by atoms with van der Waals surface area (Å²) in [7, 11) is 1.65. The minimum absolute atomic E-state index is 0.572. The van der Waals surface area contributed by atoms with Crippen LogP contribution >= 0.6 is 28.1 Å². The van der Waals surface area contributed by atoms with Gasteiger partial charge in [-0.25, -0.2) is 4.98 Å². The monoisotopic (exact) mass is 338 g/mol. The van der Waals surface area contributed by atoms with E-state index in [4.69, 9.17) is 17.0 Å². The molecule has 100 valence electrons. The van der Waals surface area contributed by atoms with Crippen LogP contribution in [0.25, 0.3) is 11.4 Å². The number of halogens is 1. The minimum atomic E-state index is 0.572. The SMILES string of the molecule is CCCc1[nH]c(-c2ccccc2OC)nc(=S)c1Br. The third kappa shape index (κ3) is 3.04. The second kappa shape index (κ2) is 6.30. The van der Waals surface area contributed by atoms with Crippen molar-refractivity contribution in [1.82, 2.24) is 9.97 Å². The van der Waals surface area contributed by atoms with E-state index in [1.807, 2.05) is 24.3 Å². The summed E-state index contributed by atoms with van der Waals surface area (Å²) in [5.41, 5.74) is 1.99. The Bertz CT molecular complexity index is 640. The number of para-hydroxylation sites is 1. The van der Waals surface area contributed by atoms with Gasteiger partial charge in [-0.1, -0.05) is 37.7 Å². The molecule has 0 radical (unpaired) electrons. The summed E-state index contributed by atoms with van der Waals surface area (Å²) in [5.74, 6) is 1.53. The molecule has 2 rings (SSSR count). The van der Waals surface area contributed by atoms with Crippen molar-refractivity contribution in [3.8, 4) is 17.1 Å². The molecule has 0 fully saturated rings. The van der Waals surface area contributed by atoms with Crippen LogP contribution < -0.4 is 4.74 Å². The van der Waals surface area contributed by atoms with Crippen LogP contribution in [0.2, 0.25) is 0 Å². The Hall–Kier alpha value is -1.20. The van der Waals surface area contributed by atoms with Crippen molar-refractivity contribution in [1.29, 1.82) is 0 Å². The third-order valence-corrected chi connectivity index (χ3v) is 4.21. The van der Waals surface area contributed by atoms with Crippen LogP contribution in [0.1, 0.15) is 19.0 Å². The Morgan fingerprint density at radius 2 is 2.11 bits per heavy atom. The third-order valence-electron chi connectivity index (χ3n) is 2.80. The summed E-state index contributed by atoms with van der Waals surface area (Å²) in [6.45, 7) is 2.13. The first-order chi connectivity index (χ1) is 9.17. The predicted octanol–water partition coefficient (Wildman–Crippen LogP) is 4.53.